The molecule has 2 aromatic carbocycles. The molecule has 0 unspecified atom stereocenters. The fourth-order valence-electron chi connectivity index (χ4n) is 2.20. The topological polar surface area (TPSA) is 94.3 Å². The van der Waals surface area contributed by atoms with Gasteiger partial charge in [0.25, 0.3) is 0 Å². The number of aromatic nitrogens is 2. The summed E-state index contributed by atoms with van der Waals surface area (Å²) in [6, 6.07) is 13.7. The van der Waals surface area contributed by atoms with Crippen molar-refractivity contribution in [3.63, 3.8) is 0 Å². The first kappa shape index (κ1) is 18.4. The third-order valence-electron chi connectivity index (χ3n) is 3.52. The molecule has 3 rings (SSSR count). The number of benzene rings is 2. The molecule has 1 N–H and O–H groups in total. The molecule has 26 heavy (non-hydrogen) atoms. The molecule has 7 nitrogen and oxygen atoms in total. The minimum absolute atomic E-state index is 0.0842. The van der Waals surface area contributed by atoms with Crippen LogP contribution in [0.4, 0.5) is 0 Å². The van der Waals surface area contributed by atoms with Gasteiger partial charge in [0.05, 0.1) is 19.4 Å². The highest BCUT2D eigenvalue weighted by Gasteiger charge is 2.15. The van der Waals surface area contributed by atoms with Gasteiger partial charge in [-0.15, -0.1) is 10.2 Å². The van der Waals surface area contributed by atoms with E-state index in [-0.39, 0.29) is 18.2 Å². The van der Waals surface area contributed by atoms with Gasteiger partial charge in [-0.05, 0) is 42.0 Å². The van der Waals surface area contributed by atoms with Crippen LogP contribution in [0.1, 0.15) is 11.5 Å². The van der Waals surface area contributed by atoms with Crippen molar-refractivity contribution in [3.8, 4) is 17.2 Å². The summed E-state index contributed by atoms with van der Waals surface area (Å²) in [5, 5.41) is 8.35. The molecule has 0 amide bonds. The molecule has 9 heteroatoms. The number of ether oxygens (including phenoxy) is 1. The van der Waals surface area contributed by atoms with Crippen molar-refractivity contribution in [1.29, 1.82) is 0 Å². The van der Waals surface area contributed by atoms with E-state index < -0.39 is 10.0 Å². The number of hydrogen-bond acceptors (Lipinski definition) is 6. The third kappa shape index (κ3) is 4.81. The van der Waals surface area contributed by atoms with Crippen molar-refractivity contribution >= 4 is 21.6 Å². The van der Waals surface area contributed by atoms with Crippen LogP contribution in [0, 0.1) is 0 Å². The highest BCUT2D eigenvalue weighted by atomic mass is 35.5. The highest BCUT2D eigenvalue weighted by Crippen LogP contribution is 2.21. The van der Waals surface area contributed by atoms with Gasteiger partial charge in [-0.2, -0.15) is 0 Å². The second kappa shape index (κ2) is 7.86. The Labute approximate surface area is 156 Å². The monoisotopic (exact) mass is 393 g/mol. The summed E-state index contributed by atoms with van der Waals surface area (Å²) < 4.78 is 37.3. The van der Waals surface area contributed by atoms with Gasteiger partial charge >= 0.3 is 0 Å². The molecule has 0 atom stereocenters. The molecule has 0 radical (unpaired) electrons. The summed E-state index contributed by atoms with van der Waals surface area (Å²) in [6.07, 6.45) is 0. The Bertz CT molecular complexity index is 970. The molecule has 136 valence electrons. The van der Waals surface area contributed by atoms with Crippen molar-refractivity contribution < 1.29 is 17.6 Å². The summed E-state index contributed by atoms with van der Waals surface area (Å²) >= 11 is 5.79. The highest BCUT2D eigenvalue weighted by molar-refractivity contribution is 7.88. The summed E-state index contributed by atoms with van der Waals surface area (Å²) in [5.41, 5.74) is 1.35. The molecule has 0 aliphatic rings. The van der Waals surface area contributed by atoms with E-state index in [4.69, 9.17) is 20.8 Å². The number of nitrogens with zero attached hydrogens (tertiary/aromatic N) is 2. The lowest BCUT2D eigenvalue weighted by Gasteiger charge is -2.05. The van der Waals surface area contributed by atoms with E-state index in [1.807, 2.05) is 0 Å². The van der Waals surface area contributed by atoms with Crippen molar-refractivity contribution in [1.82, 2.24) is 14.9 Å². The van der Waals surface area contributed by atoms with Crippen LogP contribution in [0.15, 0.2) is 52.9 Å². The number of nitrogens with one attached hydrogen (secondary N) is 1. The van der Waals surface area contributed by atoms with E-state index in [0.29, 0.717) is 27.8 Å². The van der Waals surface area contributed by atoms with Crippen molar-refractivity contribution in [2.45, 2.75) is 12.3 Å². The predicted octanol–water partition coefficient (Wildman–Crippen LogP) is 3.02. The van der Waals surface area contributed by atoms with Gasteiger partial charge in [0.15, 0.2) is 0 Å². The molecule has 0 aliphatic heterocycles. The third-order valence-corrected chi connectivity index (χ3v) is 5.07. The van der Waals surface area contributed by atoms with Crippen LogP contribution in [-0.4, -0.2) is 25.7 Å². The second-order valence-electron chi connectivity index (χ2n) is 5.44. The minimum atomic E-state index is -3.55. The Hall–Kier alpha value is -2.42. The Balaban J connectivity index is 1.62. The molecule has 0 bridgehead atoms. The number of hydrogen-bond donors (Lipinski definition) is 1. The first-order valence-electron chi connectivity index (χ1n) is 7.64. The van der Waals surface area contributed by atoms with E-state index in [1.54, 1.807) is 55.6 Å². The Morgan fingerprint density at radius 3 is 2.42 bits per heavy atom. The maximum Gasteiger partial charge on any atom is 0.247 e. The fourth-order valence-corrected chi connectivity index (χ4v) is 3.40. The smallest absolute Gasteiger partial charge is 0.247 e. The molecule has 0 saturated heterocycles. The first-order chi connectivity index (χ1) is 12.4. The number of methoxy groups -OCH3 is 1. The van der Waals surface area contributed by atoms with Crippen molar-refractivity contribution in [3.05, 3.63) is 65.0 Å². The van der Waals surface area contributed by atoms with Gasteiger partial charge in [-0.25, -0.2) is 13.1 Å². The lowest BCUT2D eigenvalue weighted by Crippen LogP contribution is -2.24. The zero-order valence-corrected chi connectivity index (χ0v) is 15.4. The molecular weight excluding hydrogens is 378 g/mol. The van der Waals surface area contributed by atoms with Crippen LogP contribution < -0.4 is 9.46 Å². The number of sulfonamides is 1. The maximum atomic E-state index is 12.2. The van der Waals surface area contributed by atoms with E-state index >= 15 is 0 Å². The lowest BCUT2D eigenvalue weighted by atomic mass is 10.2. The van der Waals surface area contributed by atoms with Crippen LogP contribution in [0.25, 0.3) is 11.5 Å². The molecular formula is C17H16ClN3O4S. The number of rotatable bonds is 7. The van der Waals surface area contributed by atoms with E-state index in [1.165, 1.54) is 0 Å². The molecule has 3 aromatic rings. The van der Waals surface area contributed by atoms with Gasteiger partial charge in [-0.1, -0.05) is 23.7 Å². The average molecular weight is 394 g/mol. The van der Waals surface area contributed by atoms with Crippen molar-refractivity contribution in [2.24, 2.45) is 0 Å². The molecule has 1 aromatic heterocycles. The standard InChI is InChI=1S/C17H16ClN3O4S/c1-24-15-8-4-13(5-9-15)17-21-20-16(25-17)10-19-26(22,23)11-12-2-6-14(18)7-3-12/h2-9,19H,10-11H2,1H3. The maximum absolute atomic E-state index is 12.2. The fraction of sp³-hybridized carbons (Fsp3) is 0.176. The summed E-state index contributed by atoms with van der Waals surface area (Å²) in [7, 11) is -1.97. The number of halogens is 1. The Kier molecular flexibility index (Phi) is 5.55. The molecule has 1 heterocycles. The van der Waals surface area contributed by atoms with Gasteiger partial charge in [0.2, 0.25) is 21.8 Å². The quantitative estimate of drug-likeness (QED) is 0.663. The van der Waals surface area contributed by atoms with Crippen molar-refractivity contribution in [2.75, 3.05) is 7.11 Å². The van der Waals surface area contributed by atoms with Gasteiger partial charge in [0.1, 0.15) is 5.75 Å². The average Bonchev–Trinajstić information content (AvgIpc) is 3.11. The van der Waals surface area contributed by atoms with Crippen LogP contribution in [0.5, 0.6) is 5.75 Å². The largest absolute Gasteiger partial charge is 0.497 e. The van der Waals surface area contributed by atoms with Gasteiger partial charge in [-0.3, -0.25) is 0 Å². The second-order valence-corrected chi connectivity index (χ2v) is 7.68. The zero-order chi connectivity index (χ0) is 18.6. The van der Waals surface area contributed by atoms with Crippen LogP contribution in [0.2, 0.25) is 5.02 Å². The van der Waals surface area contributed by atoms with Crippen LogP contribution >= 0.6 is 11.6 Å². The minimum Gasteiger partial charge on any atom is -0.497 e. The van der Waals surface area contributed by atoms with E-state index in [9.17, 15) is 8.42 Å². The van der Waals surface area contributed by atoms with Gasteiger partial charge in [0, 0.05) is 10.6 Å². The summed E-state index contributed by atoms with van der Waals surface area (Å²) in [4.78, 5) is 0. The van der Waals surface area contributed by atoms with Gasteiger partial charge < -0.3 is 9.15 Å². The van der Waals surface area contributed by atoms with Crippen LogP contribution in [-0.2, 0) is 22.3 Å². The Morgan fingerprint density at radius 1 is 1.08 bits per heavy atom. The molecule has 0 saturated carbocycles. The SMILES string of the molecule is COc1ccc(-c2nnc(CNS(=O)(=O)Cc3ccc(Cl)cc3)o2)cc1. The Morgan fingerprint density at radius 2 is 1.77 bits per heavy atom. The predicted molar refractivity (Wildman–Crippen MR) is 97.2 cm³/mol. The van der Waals surface area contributed by atoms with E-state index in [0.717, 1.165) is 0 Å². The lowest BCUT2D eigenvalue weighted by molar-refractivity contribution is 0.415. The molecule has 0 fully saturated rings. The van der Waals surface area contributed by atoms with Crippen LogP contribution in [0.3, 0.4) is 0 Å². The molecule has 0 spiro atoms. The summed E-state index contributed by atoms with van der Waals surface area (Å²) in [6.45, 7) is -0.0842. The summed E-state index contributed by atoms with van der Waals surface area (Å²) in [5.74, 6) is 1.03. The van der Waals surface area contributed by atoms with E-state index in [2.05, 4.69) is 14.9 Å². The zero-order valence-electron chi connectivity index (χ0n) is 13.8. The molecule has 0 aliphatic carbocycles. The first-order valence-corrected chi connectivity index (χ1v) is 9.67. The normalized spacial score (nSPS) is 11.5.